The van der Waals surface area contributed by atoms with Crippen molar-refractivity contribution >= 4 is 17.5 Å². The van der Waals surface area contributed by atoms with E-state index in [9.17, 15) is 9.59 Å². The average molecular weight is 274 g/mol. The highest BCUT2D eigenvalue weighted by atomic mass is 16.5. The van der Waals surface area contributed by atoms with Gasteiger partial charge in [-0.25, -0.2) is 0 Å². The van der Waals surface area contributed by atoms with Crippen LogP contribution in [0.1, 0.15) is 29.3 Å². The van der Waals surface area contributed by atoms with E-state index in [2.05, 4.69) is 17.2 Å². The summed E-state index contributed by atoms with van der Waals surface area (Å²) in [5.41, 5.74) is 1.97. The second-order valence-corrected chi connectivity index (χ2v) is 4.60. The lowest BCUT2D eigenvalue weighted by Crippen LogP contribution is -2.29. The van der Waals surface area contributed by atoms with E-state index >= 15 is 0 Å². The molecule has 1 atom stereocenters. The molecule has 0 radical (unpaired) electrons. The summed E-state index contributed by atoms with van der Waals surface area (Å²) in [6, 6.07) is 5.41. The fourth-order valence-corrected chi connectivity index (χ4v) is 2.02. The van der Waals surface area contributed by atoms with Gasteiger partial charge >= 0.3 is 0 Å². The molecule has 1 aliphatic heterocycles. The summed E-state index contributed by atoms with van der Waals surface area (Å²) in [6.45, 7) is 6.23. The highest BCUT2D eigenvalue weighted by Crippen LogP contribution is 2.24. The Morgan fingerprint density at radius 3 is 3.15 bits per heavy atom. The first kappa shape index (κ1) is 14.3. The summed E-state index contributed by atoms with van der Waals surface area (Å²) in [7, 11) is 0. The minimum absolute atomic E-state index is 0.156. The lowest BCUT2D eigenvalue weighted by Gasteiger charge is -2.14. The summed E-state index contributed by atoms with van der Waals surface area (Å²) in [5, 5.41) is 5.49. The average Bonchev–Trinajstić information content (AvgIpc) is 2.82. The molecular weight excluding hydrogens is 256 g/mol. The van der Waals surface area contributed by atoms with Gasteiger partial charge in [-0.2, -0.15) is 0 Å². The van der Waals surface area contributed by atoms with Crippen LogP contribution in [0.2, 0.25) is 0 Å². The molecule has 1 aliphatic rings. The van der Waals surface area contributed by atoms with Gasteiger partial charge in [0.2, 0.25) is 0 Å². The number of benzene rings is 1. The van der Waals surface area contributed by atoms with E-state index in [1.165, 1.54) is 0 Å². The molecule has 5 nitrogen and oxygen atoms in total. The molecule has 1 aromatic carbocycles. The van der Waals surface area contributed by atoms with Crippen molar-refractivity contribution in [2.75, 3.05) is 11.9 Å². The van der Waals surface area contributed by atoms with Crippen LogP contribution in [0.4, 0.5) is 5.69 Å². The van der Waals surface area contributed by atoms with Crippen molar-refractivity contribution in [2.24, 2.45) is 0 Å². The van der Waals surface area contributed by atoms with Crippen molar-refractivity contribution in [3.8, 4) is 0 Å². The molecule has 0 bridgehead atoms. The van der Waals surface area contributed by atoms with E-state index in [4.69, 9.17) is 4.74 Å². The minimum atomic E-state index is -0.574. The normalized spacial score (nSPS) is 14.3. The molecule has 0 aromatic heterocycles. The number of hydrogen-bond acceptors (Lipinski definition) is 3. The minimum Gasteiger partial charge on any atom is -0.368 e. The Morgan fingerprint density at radius 2 is 2.40 bits per heavy atom. The third-order valence-corrected chi connectivity index (χ3v) is 3.13. The van der Waals surface area contributed by atoms with Crippen LogP contribution in [-0.4, -0.2) is 24.5 Å². The maximum absolute atomic E-state index is 12.0. The highest BCUT2D eigenvalue weighted by molar-refractivity contribution is 6.07. The van der Waals surface area contributed by atoms with Gasteiger partial charge in [0.25, 0.3) is 11.8 Å². The zero-order valence-corrected chi connectivity index (χ0v) is 11.4. The molecule has 1 unspecified atom stereocenters. The first-order valence-corrected chi connectivity index (χ1v) is 6.57. The fraction of sp³-hybridized carbons (Fsp3) is 0.333. The number of amides is 2. The van der Waals surface area contributed by atoms with Gasteiger partial charge in [0, 0.05) is 6.54 Å². The molecule has 0 fully saturated rings. The smallest absolute Gasteiger partial charge is 0.254 e. The summed E-state index contributed by atoms with van der Waals surface area (Å²) in [6.07, 6.45) is 1.86. The molecule has 2 rings (SSSR count). The van der Waals surface area contributed by atoms with Crippen LogP contribution in [0.3, 0.4) is 0 Å². The van der Waals surface area contributed by atoms with Gasteiger partial charge in [-0.3, -0.25) is 9.59 Å². The maximum atomic E-state index is 12.0. The number of carbonyl (C=O) groups is 2. The van der Waals surface area contributed by atoms with Gasteiger partial charge in [-0.05, 0) is 25.0 Å². The molecule has 2 N–H and O–H groups in total. The van der Waals surface area contributed by atoms with Gasteiger partial charge in [0.15, 0.2) is 0 Å². The van der Waals surface area contributed by atoms with Crippen LogP contribution in [0, 0.1) is 0 Å². The van der Waals surface area contributed by atoms with Crippen LogP contribution in [0.5, 0.6) is 0 Å². The number of nitrogens with one attached hydrogen (secondary N) is 2. The second-order valence-electron chi connectivity index (χ2n) is 4.60. The number of carbonyl (C=O) groups excluding carboxylic acids is 2. The first-order chi connectivity index (χ1) is 9.63. The van der Waals surface area contributed by atoms with Crippen molar-refractivity contribution in [2.45, 2.75) is 26.0 Å². The second kappa shape index (κ2) is 6.34. The van der Waals surface area contributed by atoms with E-state index in [0.717, 1.165) is 5.56 Å². The molecule has 0 saturated carbocycles. The van der Waals surface area contributed by atoms with Gasteiger partial charge in [-0.1, -0.05) is 18.2 Å². The summed E-state index contributed by atoms with van der Waals surface area (Å²) < 4.78 is 5.38. The van der Waals surface area contributed by atoms with E-state index in [-0.39, 0.29) is 11.8 Å². The van der Waals surface area contributed by atoms with Crippen LogP contribution in [-0.2, 0) is 16.1 Å². The fourth-order valence-electron chi connectivity index (χ4n) is 2.02. The first-order valence-electron chi connectivity index (χ1n) is 6.57. The van der Waals surface area contributed by atoms with Crippen molar-refractivity contribution in [1.29, 1.82) is 0 Å². The van der Waals surface area contributed by atoms with E-state index in [1.54, 1.807) is 19.1 Å². The molecule has 20 heavy (non-hydrogen) atoms. The zero-order chi connectivity index (χ0) is 14.5. The third-order valence-electron chi connectivity index (χ3n) is 3.13. The molecule has 106 valence electrons. The summed E-state index contributed by atoms with van der Waals surface area (Å²) in [5.74, 6) is -0.418. The molecule has 1 aromatic rings. The standard InChI is InChI=1S/C15H18N2O3/c1-3-4-8-20-10(2)14(18)17-12-7-5-6-11-9-16-15(19)13(11)12/h3,5-7,10H,1,4,8-9H2,2H3,(H,16,19)(H,17,18). The number of fused-ring (bicyclic) bond motifs is 1. The largest absolute Gasteiger partial charge is 0.368 e. The van der Waals surface area contributed by atoms with Crippen molar-refractivity contribution in [3.63, 3.8) is 0 Å². The van der Waals surface area contributed by atoms with Gasteiger partial charge in [0.05, 0.1) is 17.9 Å². The topological polar surface area (TPSA) is 67.4 Å². The Kier molecular flexibility index (Phi) is 4.53. The predicted octanol–water partition coefficient (Wildman–Crippen LogP) is 1.85. The number of ether oxygens (including phenoxy) is 1. The Morgan fingerprint density at radius 1 is 1.60 bits per heavy atom. The summed E-state index contributed by atoms with van der Waals surface area (Å²) in [4.78, 5) is 23.8. The molecule has 1 heterocycles. The summed E-state index contributed by atoms with van der Waals surface area (Å²) >= 11 is 0. The van der Waals surface area contributed by atoms with Gasteiger partial charge in [-0.15, -0.1) is 6.58 Å². The number of anilines is 1. The lowest BCUT2D eigenvalue weighted by atomic mass is 10.1. The SMILES string of the molecule is C=CCCOC(C)C(=O)Nc1cccc2c1C(=O)NC2. The van der Waals surface area contributed by atoms with Gasteiger partial charge < -0.3 is 15.4 Å². The molecule has 0 saturated heterocycles. The van der Waals surface area contributed by atoms with Crippen LogP contribution in [0.15, 0.2) is 30.9 Å². The lowest BCUT2D eigenvalue weighted by molar-refractivity contribution is -0.126. The maximum Gasteiger partial charge on any atom is 0.254 e. The number of rotatable bonds is 6. The van der Waals surface area contributed by atoms with Gasteiger partial charge in [0.1, 0.15) is 6.10 Å². The molecular formula is C15H18N2O3. The molecule has 0 aliphatic carbocycles. The predicted molar refractivity (Wildman–Crippen MR) is 76.5 cm³/mol. The Balaban J connectivity index is 2.03. The van der Waals surface area contributed by atoms with Crippen molar-refractivity contribution in [1.82, 2.24) is 5.32 Å². The molecule has 0 spiro atoms. The Hall–Kier alpha value is -2.14. The number of hydrogen-bond donors (Lipinski definition) is 2. The Labute approximate surface area is 118 Å². The Bertz CT molecular complexity index is 540. The quantitative estimate of drug-likeness (QED) is 0.614. The molecule has 5 heteroatoms. The van der Waals surface area contributed by atoms with Crippen molar-refractivity contribution < 1.29 is 14.3 Å². The zero-order valence-electron chi connectivity index (χ0n) is 11.4. The van der Waals surface area contributed by atoms with E-state index in [1.807, 2.05) is 12.1 Å². The third kappa shape index (κ3) is 3.05. The van der Waals surface area contributed by atoms with Crippen LogP contribution >= 0.6 is 0 Å². The highest BCUT2D eigenvalue weighted by Gasteiger charge is 2.24. The van der Waals surface area contributed by atoms with E-state index < -0.39 is 6.10 Å². The molecule has 2 amide bonds. The van der Waals surface area contributed by atoms with Crippen molar-refractivity contribution in [3.05, 3.63) is 42.0 Å². The monoisotopic (exact) mass is 274 g/mol. The van der Waals surface area contributed by atoms with Crippen LogP contribution < -0.4 is 10.6 Å². The van der Waals surface area contributed by atoms with E-state index in [0.29, 0.717) is 30.8 Å². The van der Waals surface area contributed by atoms with Crippen LogP contribution in [0.25, 0.3) is 0 Å².